The Morgan fingerprint density at radius 3 is 2.00 bits per heavy atom. The quantitative estimate of drug-likeness (QED) is 0.810. The number of anilines is 2. The second kappa shape index (κ2) is 8.29. The van der Waals surface area contributed by atoms with Crippen LogP contribution in [0.4, 0.5) is 11.4 Å². The van der Waals surface area contributed by atoms with Gasteiger partial charge >= 0.3 is 10.2 Å². The van der Waals surface area contributed by atoms with Crippen molar-refractivity contribution in [2.24, 2.45) is 0 Å². The number of benzene rings is 2. The topological polar surface area (TPSA) is 52.6 Å². The second-order valence-corrected chi connectivity index (χ2v) is 8.18. The van der Waals surface area contributed by atoms with Crippen LogP contribution in [0, 0.1) is 0 Å². The first-order chi connectivity index (χ1) is 12.0. The first-order valence-electron chi connectivity index (χ1n) is 8.61. The third-order valence-electron chi connectivity index (χ3n) is 4.46. The smallest absolute Gasteiger partial charge is 0.320 e. The third kappa shape index (κ3) is 3.54. The summed E-state index contributed by atoms with van der Waals surface area (Å²) >= 11 is 0. The molecule has 1 N–H and O–H groups in total. The molecule has 7 heteroatoms. The number of fused-ring (bicyclic) bond motifs is 1. The van der Waals surface area contributed by atoms with Gasteiger partial charge in [-0.3, -0.25) is 0 Å². The highest BCUT2D eigenvalue weighted by Crippen LogP contribution is 2.46. The Labute approximate surface area is 162 Å². The van der Waals surface area contributed by atoms with Crippen molar-refractivity contribution in [2.45, 2.75) is 32.4 Å². The molecule has 0 spiro atoms. The van der Waals surface area contributed by atoms with E-state index in [0.717, 1.165) is 23.5 Å². The van der Waals surface area contributed by atoms with Gasteiger partial charge in [0.15, 0.2) is 0 Å². The normalized spacial score (nSPS) is 16.3. The van der Waals surface area contributed by atoms with Gasteiger partial charge in [-0.2, -0.15) is 8.42 Å². The Morgan fingerprint density at radius 2 is 1.46 bits per heavy atom. The van der Waals surface area contributed by atoms with Crippen LogP contribution in [0.1, 0.15) is 31.9 Å². The Balaban J connectivity index is 0.00000243. The predicted octanol–water partition coefficient (Wildman–Crippen LogP) is 3.74. The van der Waals surface area contributed by atoms with Gasteiger partial charge in [-0.1, -0.05) is 42.5 Å². The van der Waals surface area contributed by atoms with Gasteiger partial charge in [-0.05, 0) is 51.6 Å². The number of nitrogens with zero attached hydrogens (tertiary/aromatic N) is 2. The lowest BCUT2D eigenvalue weighted by Crippen LogP contribution is -2.43. The average Bonchev–Trinajstić information content (AvgIpc) is 2.83. The van der Waals surface area contributed by atoms with Gasteiger partial charge in [-0.15, -0.1) is 12.4 Å². The minimum Gasteiger partial charge on any atom is -0.320 e. The van der Waals surface area contributed by atoms with Gasteiger partial charge in [0.2, 0.25) is 0 Å². The molecular formula is C19H26ClN3O2S. The van der Waals surface area contributed by atoms with Crippen molar-refractivity contribution in [3.63, 3.8) is 0 Å². The first kappa shape index (κ1) is 20.6. The molecule has 5 nitrogen and oxygen atoms in total. The molecule has 1 heterocycles. The number of nitrogens with one attached hydrogen (secondary N) is 1. The summed E-state index contributed by atoms with van der Waals surface area (Å²) in [7, 11) is -1.74. The zero-order valence-electron chi connectivity index (χ0n) is 15.3. The van der Waals surface area contributed by atoms with E-state index in [1.807, 2.05) is 75.5 Å². The van der Waals surface area contributed by atoms with Crippen LogP contribution in [0.5, 0.6) is 0 Å². The van der Waals surface area contributed by atoms with Crippen molar-refractivity contribution in [3.8, 4) is 0 Å². The summed E-state index contributed by atoms with van der Waals surface area (Å²) in [5.41, 5.74) is 2.51. The van der Waals surface area contributed by atoms with E-state index >= 15 is 0 Å². The molecule has 2 aromatic rings. The van der Waals surface area contributed by atoms with Gasteiger partial charge in [0, 0.05) is 6.04 Å². The van der Waals surface area contributed by atoms with Crippen LogP contribution in [0.15, 0.2) is 54.6 Å². The van der Waals surface area contributed by atoms with Gasteiger partial charge in [0.05, 0.1) is 17.4 Å². The van der Waals surface area contributed by atoms with Crippen LogP contribution >= 0.6 is 12.4 Å². The highest BCUT2D eigenvalue weighted by molar-refractivity contribution is 7.94. The fourth-order valence-corrected chi connectivity index (χ4v) is 5.51. The molecule has 1 atom stereocenters. The van der Waals surface area contributed by atoms with Crippen LogP contribution in [0.25, 0.3) is 0 Å². The second-order valence-electron chi connectivity index (χ2n) is 6.50. The summed E-state index contributed by atoms with van der Waals surface area (Å²) in [6, 6.07) is 17.0. The van der Waals surface area contributed by atoms with Gasteiger partial charge in [0.1, 0.15) is 0 Å². The van der Waals surface area contributed by atoms with Gasteiger partial charge < -0.3 is 5.32 Å². The standard InChI is InChI=1S/C19H25N3O2S.ClH/c1-15(2)21-18-11-7-8-12-19(18)22(25(21,23)24)17(13-14-20-3)16-9-5-4-6-10-16;/h4-12,15,17,20H,13-14H2,1-3H3;1H/t17-;/m1./s1. The molecule has 0 saturated heterocycles. The van der Waals surface area contributed by atoms with E-state index in [1.165, 1.54) is 4.31 Å². The van der Waals surface area contributed by atoms with E-state index in [1.54, 1.807) is 4.31 Å². The van der Waals surface area contributed by atoms with Crippen LogP contribution in [0.3, 0.4) is 0 Å². The fraction of sp³-hybridized carbons (Fsp3) is 0.368. The average molecular weight is 396 g/mol. The largest absolute Gasteiger partial charge is 0.327 e. The molecule has 1 aliphatic heterocycles. The lowest BCUT2D eigenvalue weighted by Gasteiger charge is -2.31. The minimum absolute atomic E-state index is 0. The fourth-order valence-electron chi connectivity index (χ4n) is 3.43. The Kier molecular flexibility index (Phi) is 6.55. The zero-order chi connectivity index (χ0) is 18.0. The van der Waals surface area contributed by atoms with Crippen molar-refractivity contribution >= 4 is 34.0 Å². The molecular weight excluding hydrogens is 370 g/mol. The number of hydrogen-bond acceptors (Lipinski definition) is 3. The van der Waals surface area contributed by atoms with E-state index in [2.05, 4.69) is 5.32 Å². The van der Waals surface area contributed by atoms with Crippen molar-refractivity contribution < 1.29 is 8.42 Å². The maximum absolute atomic E-state index is 13.4. The molecule has 142 valence electrons. The van der Waals surface area contributed by atoms with E-state index in [4.69, 9.17) is 0 Å². The maximum Gasteiger partial charge on any atom is 0.327 e. The minimum atomic E-state index is -3.63. The number of rotatable bonds is 6. The highest BCUT2D eigenvalue weighted by Gasteiger charge is 2.45. The molecule has 2 aromatic carbocycles. The van der Waals surface area contributed by atoms with Crippen molar-refractivity contribution in [1.82, 2.24) is 5.32 Å². The van der Waals surface area contributed by atoms with E-state index in [-0.39, 0.29) is 24.5 Å². The molecule has 0 fully saturated rings. The van der Waals surface area contributed by atoms with Crippen molar-refractivity contribution in [2.75, 3.05) is 22.2 Å². The molecule has 0 radical (unpaired) electrons. The lowest BCUT2D eigenvalue weighted by molar-refractivity contribution is 0.558. The van der Waals surface area contributed by atoms with E-state index < -0.39 is 10.2 Å². The summed E-state index contributed by atoms with van der Waals surface area (Å²) in [6.07, 6.45) is 0.694. The summed E-state index contributed by atoms with van der Waals surface area (Å²) < 4.78 is 29.9. The first-order valence-corrected chi connectivity index (χ1v) is 10.0. The summed E-state index contributed by atoms with van der Waals surface area (Å²) in [5, 5.41) is 3.14. The summed E-state index contributed by atoms with van der Waals surface area (Å²) in [5.74, 6) is 0. The molecule has 0 unspecified atom stereocenters. The SMILES string of the molecule is CNCC[C@H](c1ccccc1)N1c2ccccc2N(C(C)C)S1(=O)=O.Cl. The summed E-state index contributed by atoms with van der Waals surface area (Å²) in [4.78, 5) is 0. The highest BCUT2D eigenvalue weighted by atomic mass is 35.5. The van der Waals surface area contributed by atoms with Crippen LogP contribution in [0.2, 0.25) is 0 Å². The summed E-state index contributed by atoms with van der Waals surface area (Å²) in [6.45, 7) is 4.54. The van der Waals surface area contributed by atoms with Crippen molar-refractivity contribution in [3.05, 3.63) is 60.2 Å². The van der Waals surface area contributed by atoms with Gasteiger partial charge in [0.25, 0.3) is 0 Å². The van der Waals surface area contributed by atoms with E-state index in [9.17, 15) is 8.42 Å². The van der Waals surface area contributed by atoms with Crippen LogP contribution in [-0.4, -0.2) is 28.1 Å². The van der Waals surface area contributed by atoms with Crippen molar-refractivity contribution in [1.29, 1.82) is 0 Å². The predicted molar refractivity (Wildman–Crippen MR) is 110 cm³/mol. The number of para-hydroxylation sites is 2. The molecule has 0 aromatic heterocycles. The molecule has 0 saturated carbocycles. The zero-order valence-corrected chi connectivity index (χ0v) is 16.9. The molecule has 1 aliphatic rings. The Bertz CT molecular complexity index is 828. The van der Waals surface area contributed by atoms with E-state index in [0.29, 0.717) is 6.42 Å². The third-order valence-corrected chi connectivity index (χ3v) is 6.52. The Morgan fingerprint density at radius 1 is 0.923 bits per heavy atom. The van der Waals surface area contributed by atoms with Gasteiger partial charge in [-0.25, -0.2) is 8.61 Å². The van der Waals surface area contributed by atoms with Crippen LogP contribution in [-0.2, 0) is 10.2 Å². The monoisotopic (exact) mass is 395 g/mol. The molecule has 3 rings (SSSR count). The maximum atomic E-state index is 13.4. The molecule has 26 heavy (non-hydrogen) atoms. The molecule has 0 bridgehead atoms. The molecule has 0 amide bonds. The number of hydrogen-bond donors (Lipinski definition) is 1. The van der Waals surface area contributed by atoms with Crippen LogP contribution < -0.4 is 13.9 Å². The lowest BCUT2D eigenvalue weighted by atomic mass is 10.0. The Hall–Kier alpha value is -1.76. The molecule has 0 aliphatic carbocycles. The number of halogens is 1.